The fraction of sp³-hybridized carbons (Fsp3) is 0.517. The number of aromatic amines is 1. The van der Waals surface area contributed by atoms with Crippen molar-refractivity contribution in [3.63, 3.8) is 0 Å². The van der Waals surface area contributed by atoms with Crippen molar-refractivity contribution in [2.75, 3.05) is 12.3 Å². The lowest BCUT2D eigenvalue weighted by molar-refractivity contribution is -0.179. The van der Waals surface area contributed by atoms with Crippen molar-refractivity contribution in [2.45, 2.75) is 69.6 Å². The lowest BCUT2D eigenvalue weighted by Gasteiger charge is -2.46. The third-order valence-corrected chi connectivity index (χ3v) is 7.84. The van der Waals surface area contributed by atoms with E-state index in [4.69, 9.17) is 11.5 Å². The molecule has 0 bridgehead atoms. The van der Waals surface area contributed by atoms with Gasteiger partial charge in [-0.15, -0.1) is 0 Å². The lowest BCUT2D eigenvalue weighted by atomic mass is 9.68. The van der Waals surface area contributed by atoms with Gasteiger partial charge < -0.3 is 26.9 Å². The molecule has 1 aliphatic rings. The van der Waals surface area contributed by atoms with E-state index < -0.39 is 64.9 Å². The number of carboxylic acid groups (broad SMARTS) is 1. The molecule has 3 rings (SSSR count). The second kappa shape index (κ2) is 14.7. The highest BCUT2D eigenvalue weighted by Crippen LogP contribution is 2.38. The van der Waals surface area contributed by atoms with Gasteiger partial charge >= 0.3 is 5.97 Å². The van der Waals surface area contributed by atoms with Crippen LogP contribution in [0.3, 0.4) is 0 Å². The number of hydrogen-bond acceptors (Lipinski definition) is 10. The maximum Gasteiger partial charge on any atom is 0.338 e. The summed E-state index contributed by atoms with van der Waals surface area (Å²) in [5.41, 5.74) is 10.9. The molecule has 7 N–H and O–H groups in total. The first-order chi connectivity index (χ1) is 20.0. The average Bonchev–Trinajstić information content (AvgIpc) is 3.67. The highest BCUT2D eigenvalue weighted by atomic mass is 32.1. The van der Waals surface area contributed by atoms with Crippen LogP contribution < -0.4 is 16.8 Å². The van der Waals surface area contributed by atoms with Gasteiger partial charge in [0, 0.05) is 24.7 Å². The number of rotatable bonds is 15. The van der Waals surface area contributed by atoms with E-state index in [1.807, 2.05) is 0 Å². The quantitative estimate of drug-likeness (QED) is 0.124. The summed E-state index contributed by atoms with van der Waals surface area (Å²) in [4.78, 5) is 77.5. The van der Waals surface area contributed by atoms with Crippen LogP contribution in [0.1, 0.15) is 44.4 Å². The Balaban J connectivity index is 2.27. The van der Waals surface area contributed by atoms with Gasteiger partial charge in [0.05, 0.1) is 30.4 Å². The summed E-state index contributed by atoms with van der Waals surface area (Å²) in [7, 11) is 0. The Morgan fingerprint density at radius 1 is 1.10 bits per heavy atom. The number of ketones is 2. The Kier molecular flexibility index (Phi) is 11.6. The van der Waals surface area contributed by atoms with Gasteiger partial charge in [0.25, 0.3) is 0 Å². The minimum Gasteiger partial charge on any atom is -0.479 e. The molecule has 12 nitrogen and oxygen atoms in total. The molecule has 2 amide bonds. The molecule has 0 aliphatic carbocycles. The average molecular weight is 601 g/mol. The largest absolute Gasteiger partial charge is 0.479 e. The van der Waals surface area contributed by atoms with Gasteiger partial charge in [-0.1, -0.05) is 44.2 Å². The molecule has 1 aromatic carbocycles. The van der Waals surface area contributed by atoms with Crippen LogP contribution in [0.2, 0.25) is 0 Å². The van der Waals surface area contributed by atoms with Crippen LogP contribution in [0.25, 0.3) is 0 Å². The smallest absolute Gasteiger partial charge is 0.338 e. The van der Waals surface area contributed by atoms with Crippen LogP contribution in [0.5, 0.6) is 0 Å². The predicted octanol–water partition coefficient (Wildman–Crippen LogP) is 0.510. The van der Waals surface area contributed by atoms with E-state index >= 15 is 0 Å². The zero-order chi connectivity index (χ0) is 31.0. The first-order valence-electron chi connectivity index (χ1n) is 14.0. The second-order valence-electron chi connectivity index (χ2n) is 10.9. The monoisotopic (exact) mass is 600 g/mol. The van der Waals surface area contributed by atoms with Gasteiger partial charge in [-0.3, -0.25) is 24.1 Å². The Morgan fingerprint density at radius 2 is 1.74 bits per heavy atom. The Labute approximate surface area is 250 Å². The molecule has 1 aromatic heterocycles. The highest BCUT2D eigenvalue weighted by Gasteiger charge is 2.65. The number of imide groups is 1. The highest BCUT2D eigenvalue weighted by molar-refractivity contribution is 7.80. The number of thiol groups is 1. The summed E-state index contributed by atoms with van der Waals surface area (Å²) in [5.74, 6) is -7.89. The third kappa shape index (κ3) is 6.97. The van der Waals surface area contributed by atoms with Gasteiger partial charge in [-0.05, 0) is 43.0 Å². The molecule has 2 heterocycles. The number of nitrogens with one attached hydrogen (secondary N) is 2. The molecule has 13 heteroatoms. The molecule has 5 atom stereocenters. The fourth-order valence-corrected chi connectivity index (χ4v) is 5.95. The van der Waals surface area contributed by atoms with Gasteiger partial charge in [-0.25, -0.2) is 9.78 Å². The number of imidazole rings is 1. The number of nitrogens with two attached hydrogens (primary N) is 2. The minimum atomic E-state index is -2.91. The Hall–Kier alpha value is -3.39. The normalized spacial score (nSPS) is 18.6. The fourth-order valence-electron chi connectivity index (χ4n) is 5.73. The Bertz CT molecular complexity index is 1250. The summed E-state index contributed by atoms with van der Waals surface area (Å²) in [6.07, 6.45) is 3.28. The molecular weight excluding hydrogens is 560 g/mol. The van der Waals surface area contributed by atoms with Crippen LogP contribution in [0.15, 0.2) is 42.9 Å². The molecule has 0 saturated carbocycles. The van der Waals surface area contributed by atoms with Gasteiger partial charge in [0.15, 0.2) is 5.78 Å². The molecule has 1 fully saturated rings. The summed E-state index contributed by atoms with van der Waals surface area (Å²) in [5, 5.41) is 14.0. The van der Waals surface area contributed by atoms with Crippen molar-refractivity contribution >= 4 is 42.0 Å². The number of amides is 2. The summed E-state index contributed by atoms with van der Waals surface area (Å²) >= 11 is 4.15. The summed E-state index contributed by atoms with van der Waals surface area (Å²) in [6.45, 7) is 3.59. The molecule has 5 unspecified atom stereocenters. The number of carboxylic acids is 1. The van der Waals surface area contributed by atoms with Crippen molar-refractivity contribution in [3.05, 3.63) is 54.1 Å². The molecular formula is C29H40N6O6S. The first kappa shape index (κ1) is 33.1. The zero-order valence-corrected chi connectivity index (χ0v) is 24.8. The van der Waals surface area contributed by atoms with E-state index in [-0.39, 0.29) is 31.4 Å². The van der Waals surface area contributed by atoms with Crippen molar-refractivity contribution in [2.24, 2.45) is 23.3 Å². The van der Waals surface area contributed by atoms with E-state index in [2.05, 4.69) is 27.9 Å². The van der Waals surface area contributed by atoms with Crippen molar-refractivity contribution < 1.29 is 29.1 Å². The summed E-state index contributed by atoms with van der Waals surface area (Å²) in [6, 6.07) is 4.84. The van der Waals surface area contributed by atoms with E-state index in [1.165, 1.54) is 12.5 Å². The minimum absolute atomic E-state index is 0.0538. The molecule has 0 radical (unpaired) electrons. The standard InChI is InChI=1S/C29H40N6O6S/c1-17(2)24(23(36)10-12-42)29(28(40)41,25(37)22-9-6-11-33-22)35(27(39)21(31)14-19-15-32-16-34-19)26(38)20(30)13-18-7-4-3-5-8-18/h3-5,7-8,15-17,20-22,24,33,42H,6,9-14,30-31H2,1-2H3,(H,32,34)(H,40,41). The van der Waals surface area contributed by atoms with E-state index in [1.54, 1.807) is 44.2 Å². The van der Waals surface area contributed by atoms with Gasteiger partial charge in [-0.2, -0.15) is 12.6 Å². The van der Waals surface area contributed by atoms with Crippen LogP contribution in [0, 0.1) is 11.8 Å². The molecule has 0 spiro atoms. The topological polar surface area (TPSA) is 202 Å². The molecule has 42 heavy (non-hydrogen) atoms. The van der Waals surface area contributed by atoms with Crippen molar-refractivity contribution in [1.29, 1.82) is 0 Å². The molecule has 1 aliphatic heterocycles. The number of benzene rings is 1. The van der Waals surface area contributed by atoms with Crippen LogP contribution in [0.4, 0.5) is 0 Å². The molecule has 2 aromatic rings. The number of carbonyl (C=O) groups is 5. The second-order valence-corrected chi connectivity index (χ2v) is 11.4. The zero-order valence-electron chi connectivity index (χ0n) is 23.9. The van der Waals surface area contributed by atoms with Crippen LogP contribution in [-0.2, 0) is 36.8 Å². The number of Topliss-reactive ketones (excluding diaryl/α,β-unsaturated/α-hetero) is 2. The van der Waals surface area contributed by atoms with Crippen molar-refractivity contribution in [3.8, 4) is 0 Å². The maximum atomic E-state index is 14.5. The van der Waals surface area contributed by atoms with Crippen LogP contribution in [-0.4, -0.2) is 85.3 Å². The predicted molar refractivity (Wildman–Crippen MR) is 158 cm³/mol. The van der Waals surface area contributed by atoms with Gasteiger partial charge in [0.1, 0.15) is 5.78 Å². The SMILES string of the molecule is CC(C)C(C(=O)CCS)C(C(=O)O)(C(=O)C1CCCN1)N(C(=O)C(N)Cc1ccccc1)C(=O)C(N)Cc1cnc[nH]1. The third-order valence-electron chi connectivity index (χ3n) is 7.62. The number of aromatic nitrogens is 2. The van der Waals surface area contributed by atoms with Crippen LogP contribution >= 0.6 is 12.6 Å². The molecule has 1 saturated heterocycles. The van der Waals surface area contributed by atoms with E-state index in [0.717, 1.165) is 0 Å². The Morgan fingerprint density at radius 3 is 2.24 bits per heavy atom. The number of carbonyl (C=O) groups excluding carboxylic acids is 4. The number of hydrogen-bond donors (Lipinski definition) is 6. The maximum absolute atomic E-state index is 14.5. The number of nitrogens with zero attached hydrogens (tertiary/aromatic N) is 2. The van der Waals surface area contributed by atoms with E-state index in [0.29, 0.717) is 29.1 Å². The number of aliphatic carboxylic acids is 1. The lowest BCUT2D eigenvalue weighted by Crippen LogP contribution is -2.75. The van der Waals surface area contributed by atoms with E-state index in [9.17, 15) is 29.1 Å². The number of H-pyrrole nitrogens is 1. The van der Waals surface area contributed by atoms with Crippen molar-refractivity contribution in [1.82, 2.24) is 20.2 Å². The summed E-state index contributed by atoms with van der Waals surface area (Å²) < 4.78 is 0. The first-order valence-corrected chi connectivity index (χ1v) is 14.6. The van der Waals surface area contributed by atoms with Gasteiger partial charge in [0.2, 0.25) is 17.4 Å². The molecule has 228 valence electrons.